The van der Waals surface area contributed by atoms with E-state index in [1.54, 1.807) is 60.9 Å². The van der Waals surface area contributed by atoms with Gasteiger partial charge in [-0.05, 0) is 49.9 Å². The summed E-state index contributed by atoms with van der Waals surface area (Å²) in [5.74, 6) is 1.76. The van der Waals surface area contributed by atoms with Gasteiger partial charge >= 0.3 is 6.03 Å². The molecule has 0 aliphatic carbocycles. The smallest absolute Gasteiger partial charge is 0.323 e. The SMILES string of the molecule is CNCCOc1cc(Cl)c(C)cc1NC(=O)Nc1cccc(Oc2ccncc2)c1. The summed E-state index contributed by atoms with van der Waals surface area (Å²) in [4.78, 5) is 16.5. The van der Waals surface area contributed by atoms with Crippen LogP contribution in [0, 0.1) is 6.92 Å². The highest BCUT2D eigenvalue weighted by Gasteiger charge is 2.12. The molecular weight excluding hydrogens is 404 g/mol. The van der Waals surface area contributed by atoms with Crippen molar-refractivity contribution < 1.29 is 14.3 Å². The molecule has 0 unspecified atom stereocenters. The van der Waals surface area contributed by atoms with E-state index in [9.17, 15) is 4.79 Å². The number of hydrogen-bond acceptors (Lipinski definition) is 5. The monoisotopic (exact) mass is 426 g/mol. The van der Waals surface area contributed by atoms with E-state index in [2.05, 4.69) is 20.9 Å². The minimum Gasteiger partial charge on any atom is -0.490 e. The van der Waals surface area contributed by atoms with Crippen LogP contribution in [0.25, 0.3) is 0 Å². The number of halogens is 1. The number of pyridine rings is 1. The fraction of sp³-hybridized carbons (Fsp3) is 0.182. The van der Waals surface area contributed by atoms with Crippen LogP contribution in [0.3, 0.4) is 0 Å². The van der Waals surface area contributed by atoms with Gasteiger partial charge in [0.1, 0.15) is 23.9 Å². The van der Waals surface area contributed by atoms with Crippen molar-refractivity contribution in [2.45, 2.75) is 6.92 Å². The van der Waals surface area contributed by atoms with Crippen LogP contribution >= 0.6 is 11.6 Å². The molecule has 0 saturated heterocycles. The van der Waals surface area contributed by atoms with Gasteiger partial charge in [0.25, 0.3) is 0 Å². The lowest BCUT2D eigenvalue weighted by Gasteiger charge is -2.15. The Bertz CT molecular complexity index is 999. The molecule has 8 heteroatoms. The first-order valence-corrected chi connectivity index (χ1v) is 9.76. The van der Waals surface area contributed by atoms with Crippen LogP contribution in [0.2, 0.25) is 5.02 Å². The van der Waals surface area contributed by atoms with Crippen LogP contribution in [0.1, 0.15) is 5.56 Å². The number of likely N-dealkylation sites (N-methyl/N-ethyl adjacent to an activating group) is 1. The zero-order valence-electron chi connectivity index (χ0n) is 16.7. The quantitative estimate of drug-likeness (QED) is 0.437. The summed E-state index contributed by atoms with van der Waals surface area (Å²) >= 11 is 6.21. The van der Waals surface area contributed by atoms with Crippen LogP contribution < -0.4 is 25.4 Å². The van der Waals surface area contributed by atoms with Crippen molar-refractivity contribution in [3.8, 4) is 17.2 Å². The predicted molar refractivity (Wildman–Crippen MR) is 119 cm³/mol. The minimum absolute atomic E-state index is 0.406. The van der Waals surface area contributed by atoms with Crippen LogP contribution in [-0.2, 0) is 0 Å². The highest BCUT2D eigenvalue weighted by Crippen LogP contribution is 2.31. The third-order valence-corrected chi connectivity index (χ3v) is 4.50. The van der Waals surface area contributed by atoms with Gasteiger partial charge < -0.3 is 25.4 Å². The number of aromatic nitrogens is 1. The molecule has 30 heavy (non-hydrogen) atoms. The number of nitrogens with one attached hydrogen (secondary N) is 3. The van der Waals surface area contributed by atoms with Gasteiger partial charge in [-0.1, -0.05) is 17.7 Å². The largest absolute Gasteiger partial charge is 0.490 e. The van der Waals surface area contributed by atoms with Crippen molar-refractivity contribution in [2.75, 3.05) is 30.8 Å². The first kappa shape index (κ1) is 21.4. The Morgan fingerprint density at radius 2 is 1.87 bits per heavy atom. The summed E-state index contributed by atoms with van der Waals surface area (Å²) in [6.45, 7) is 2.98. The number of amides is 2. The van der Waals surface area contributed by atoms with E-state index in [-0.39, 0.29) is 0 Å². The topological polar surface area (TPSA) is 84.5 Å². The Labute approximate surface area is 180 Å². The lowest BCUT2D eigenvalue weighted by molar-refractivity contribution is 0.262. The first-order valence-electron chi connectivity index (χ1n) is 9.38. The fourth-order valence-electron chi connectivity index (χ4n) is 2.61. The average Bonchev–Trinajstić information content (AvgIpc) is 2.72. The van der Waals surface area contributed by atoms with E-state index >= 15 is 0 Å². The fourth-order valence-corrected chi connectivity index (χ4v) is 2.76. The standard InChI is InChI=1S/C22H23ClN4O3/c1-15-12-20(21(14-19(15)23)29-11-10-24-2)27-22(28)26-16-4-3-5-18(13-16)30-17-6-8-25-9-7-17/h3-9,12-14,24H,10-11H2,1-2H3,(H2,26,27,28). The number of carbonyl (C=O) groups is 1. The minimum atomic E-state index is -0.406. The number of urea groups is 1. The molecule has 156 valence electrons. The Hall–Kier alpha value is -3.29. The highest BCUT2D eigenvalue weighted by atomic mass is 35.5. The van der Waals surface area contributed by atoms with Gasteiger partial charge in [0.05, 0.1) is 5.69 Å². The lowest BCUT2D eigenvalue weighted by Crippen LogP contribution is -2.21. The molecule has 0 bridgehead atoms. The molecule has 7 nitrogen and oxygen atoms in total. The zero-order chi connectivity index (χ0) is 21.3. The molecule has 0 atom stereocenters. The molecule has 3 aromatic rings. The molecule has 1 aromatic heterocycles. The number of aryl methyl sites for hydroxylation is 1. The molecule has 1 heterocycles. The Kier molecular flexibility index (Phi) is 7.48. The van der Waals surface area contributed by atoms with Crippen LogP contribution in [-0.4, -0.2) is 31.2 Å². The van der Waals surface area contributed by atoms with Crippen molar-refractivity contribution in [1.29, 1.82) is 0 Å². The lowest BCUT2D eigenvalue weighted by atomic mass is 10.2. The molecule has 0 aliphatic rings. The highest BCUT2D eigenvalue weighted by molar-refractivity contribution is 6.31. The summed E-state index contributed by atoms with van der Waals surface area (Å²) in [6, 6.07) is 13.7. The number of rotatable bonds is 8. The summed E-state index contributed by atoms with van der Waals surface area (Å²) in [6.07, 6.45) is 3.30. The van der Waals surface area contributed by atoms with E-state index < -0.39 is 6.03 Å². The maximum Gasteiger partial charge on any atom is 0.323 e. The van der Waals surface area contributed by atoms with Gasteiger partial charge in [-0.2, -0.15) is 0 Å². The Morgan fingerprint density at radius 3 is 2.63 bits per heavy atom. The van der Waals surface area contributed by atoms with Crippen molar-refractivity contribution in [2.24, 2.45) is 0 Å². The molecule has 0 fully saturated rings. The number of hydrogen-bond donors (Lipinski definition) is 3. The third kappa shape index (κ3) is 6.10. The third-order valence-electron chi connectivity index (χ3n) is 4.10. The van der Waals surface area contributed by atoms with Crippen molar-refractivity contribution in [3.63, 3.8) is 0 Å². The Morgan fingerprint density at radius 1 is 1.07 bits per heavy atom. The summed E-state index contributed by atoms with van der Waals surface area (Å²) in [7, 11) is 1.84. The number of benzene rings is 2. The number of anilines is 2. The van der Waals surface area contributed by atoms with E-state index in [0.717, 1.165) is 5.56 Å². The second kappa shape index (κ2) is 10.5. The van der Waals surface area contributed by atoms with Gasteiger partial charge in [-0.15, -0.1) is 0 Å². The molecule has 2 amide bonds. The molecule has 0 aliphatic heterocycles. The van der Waals surface area contributed by atoms with Crippen LogP contribution in [0.4, 0.5) is 16.2 Å². The van der Waals surface area contributed by atoms with Gasteiger partial charge in [0.2, 0.25) is 0 Å². The zero-order valence-corrected chi connectivity index (χ0v) is 17.5. The van der Waals surface area contributed by atoms with Gasteiger partial charge in [-0.3, -0.25) is 4.98 Å². The summed E-state index contributed by atoms with van der Waals surface area (Å²) < 4.78 is 11.5. The second-order valence-corrected chi connectivity index (χ2v) is 6.85. The van der Waals surface area contributed by atoms with Crippen LogP contribution in [0.15, 0.2) is 60.9 Å². The number of nitrogens with zero attached hydrogens (tertiary/aromatic N) is 1. The van der Waals surface area contributed by atoms with Crippen molar-refractivity contribution in [3.05, 3.63) is 71.5 Å². The maximum atomic E-state index is 12.6. The van der Waals surface area contributed by atoms with E-state index in [4.69, 9.17) is 21.1 Å². The molecule has 2 aromatic carbocycles. The van der Waals surface area contributed by atoms with Crippen molar-refractivity contribution >= 4 is 29.0 Å². The predicted octanol–water partition coefficient (Wildman–Crippen LogP) is 5.08. The van der Waals surface area contributed by atoms with Crippen LogP contribution in [0.5, 0.6) is 17.2 Å². The van der Waals surface area contributed by atoms with E-state index in [0.29, 0.717) is 46.8 Å². The molecule has 0 radical (unpaired) electrons. The van der Waals surface area contributed by atoms with E-state index in [1.807, 2.05) is 14.0 Å². The van der Waals surface area contributed by atoms with E-state index in [1.165, 1.54) is 0 Å². The molecule has 3 N–H and O–H groups in total. The average molecular weight is 427 g/mol. The molecule has 3 rings (SSSR count). The normalized spacial score (nSPS) is 10.4. The van der Waals surface area contributed by atoms with Gasteiger partial charge in [-0.25, -0.2) is 4.79 Å². The summed E-state index contributed by atoms with van der Waals surface area (Å²) in [5, 5.41) is 9.20. The summed E-state index contributed by atoms with van der Waals surface area (Å²) in [5.41, 5.74) is 1.96. The maximum absolute atomic E-state index is 12.6. The molecule has 0 saturated carbocycles. The second-order valence-electron chi connectivity index (χ2n) is 6.44. The molecular formula is C22H23ClN4O3. The van der Waals surface area contributed by atoms with Crippen molar-refractivity contribution in [1.82, 2.24) is 10.3 Å². The van der Waals surface area contributed by atoms with Gasteiger partial charge in [0.15, 0.2) is 0 Å². The Balaban J connectivity index is 1.68. The number of ether oxygens (including phenoxy) is 2. The number of carbonyl (C=O) groups excluding carboxylic acids is 1. The first-order chi connectivity index (χ1) is 14.5. The van der Waals surface area contributed by atoms with Gasteiger partial charge in [0, 0.05) is 41.8 Å². The molecule has 0 spiro atoms.